The number of benzene rings is 2. The van der Waals surface area contributed by atoms with Crippen LogP contribution in [-0.2, 0) is 4.84 Å². The molecule has 1 amide bonds. The molecule has 8 heteroatoms. The molecule has 0 saturated carbocycles. The number of rotatable bonds is 5. The summed E-state index contributed by atoms with van der Waals surface area (Å²) in [5, 5.41) is 4.51. The van der Waals surface area contributed by atoms with Gasteiger partial charge in [-0.2, -0.15) is 0 Å². The van der Waals surface area contributed by atoms with Crippen LogP contribution >= 0.6 is 11.6 Å². The van der Waals surface area contributed by atoms with Gasteiger partial charge >= 0.3 is 0 Å². The highest BCUT2D eigenvalue weighted by molar-refractivity contribution is 6.34. The summed E-state index contributed by atoms with van der Waals surface area (Å²) in [6, 6.07) is 9.18. The molecule has 1 unspecified atom stereocenters. The Morgan fingerprint density at radius 3 is 2.80 bits per heavy atom. The molecule has 2 N–H and O–H groups in total. The van der Waals surface area contributed by atoms with E-state index in [1.54, 1.807) is 12.1 Å². The van der Waals surface area contributed by atoms with Gasteiger partial charge in [-0.25, -0.2) is 8.78 Å². The van der Waals surface area contributed by atoms with Crippen molar-refractivity contribution < 1.29 is 23.1 Å². The molecule has 0 aliphatic carbocycles. The third-order valence-corrected chi connectivity index (χ3v) is 3.97. The lowest BCUT2D eigenvalue weighted by molar-refractivity contribution is 0.0458. The molecule has 0 saturated heterocycles. The van der Waals surface area contributed by atoms with Crippen LogP contribution in [0.5, 0.6) is 5.75 Å². The molecule has 3 rings (SSSR count). The second kappa shape index (κ2) is 7.06. The number of hydrogen-bond donors (Lipinski definition) is 1. The Balaban J connectivity index is 1.66. The SMILES string of the molecule is NC(=O)c1c(F)ccc(OCC2CC(c3ccccc3Cl)=NO2)c1F. The van der Waals surface area contributed by atoms with Gasteiger partial charge in [0.1, 0.15) is 18.0 Å². The third-order valence-electron chi connectivity index (χ3n) is 3.64. The summed E-state index contributed by atoms with van der Waals surface area (Å²) in [6.07, 6.45) is -0.0531. The maximum atomic E-state index is 14.1. The smallest absolute Gasteiger partial charge is 0.254 e. The van der Waals surface area contributed by atoms with E-state index in [0.29, 0.717) is 17.2 Å². The van der Waals surface area contributed by atoms with Crippen molar-refractivity contribution in [3.63, 3.8) is 0 Å². The summed E-state index contributed by atoms with van der Waals surface area (Å²) in [7, 11) is 0. The van der Waals surface area contributed by atoms with E-state index in [4.69, 9.17) is 26.9 Å². The van der Waals surface area contributed by atoms with E-state index in [1.807, 2.05) is 12.1 Å². The maximum absolute atomic E-state index is 14.1. The molecule has 2 aromatic carbocycles. The van der Waals surface area contributed by atoms with E-state index in [-0.39, 0.29) is 12.4 Å². The second-order valence-electron chi connectivity index (χ2n) is 5.36. The predicted octanol–water partition coefficient (Wildman–Crippen LogP) is 3.29. The Hall–Kier alpha value is -2.67. The zero-order valence-corrected chi connectivity index (χ0v) is 13.6. The van der Waals surface area contributed by atoms with Crippen LogP contribution in [0.2, 0.25) is 5.02 Å². The summed E-state index contributed by atoms with van der Waals surface area (Å²) < 4.78 is 32.8. The van der Waals surface area contributed by atoms with Crippen molar-refractivity contribution in [1.82, 2.24) is 0 Å². The van der Waals surface area contributed by atoms with Gasteiger partial charge in [0.05, 0.1) is 5.71 Å². The molecule has 1 atom stereocenters. The molecule has 25 heavy (non-hydrogen) atoms. The zero-order chi connectivity index (χ0) is 18.0. The summed E-state index contributed by atoms with van der Waals surface area (Å²) in [4.78, 5) is 16.4. The van der Waals surface area contributed by atoms with Crippen molar-refractivity contribution in [2.75, 3.05) is 6.61 Å². The number of hydrogen-bond acceptors (Lipinski definition) is 4. The molecule has 0 radical (unpaired) electrons. The fourth-order valence-electron chi connectivity index (χ4n) is 2.43. The van der Waals surface area contributed by atoms with E-state index >= 15 is 0 Å². The first-order valence-electron chi connectivity index (χ1n) is 7.35. The normalized spacial score (nSPS) is 16.3. The minimum atomic E-state index is -1.21. The largest absolute Gasteiger partial charge is 0.486 e. The van der Waals surface area contributed by atoms with Gasteiger partial charge in [0.2, 0.25) is 0 Å². The number of nitrogens with zero attached hydrogens (tertiary/aromatic N) is 1. The van der Waals surface area contributed by atoms with Gasteiger partial charge in [0.25, 0.3) is 5.91 Å². The summed E-state index contributed by atoms with van der Waals surface area (Å²) in [5.74, 6) is -3.68. The lowest BCUT2D eigenvalue weighted by atomic mass is 10.1. The number of primary amides is 1. The van der Waals surface area contributed by atoms with Gasteiger partial charge in [-0.3, -0.25) is 4.79 Å². The summed E-state index contributed by atoms with van der Waals surface area (Å²) in [5.41, 5.74) is 5.53. The Kier molecular flexibility index (Phi) is 4.85. The Morgan fingerprint density at radius 1 is 1.32 bits per heavy atom. The number of oxime groups is 1. The molecule has 1 heterocycles. The van der Waals surface area contributed by atoms with Crippen LogP contribution in [0, 0.1) is 11.6 Å². The van der Waals surface area contributed by atoms with Crippen LogP contribution in [0.1, 0.15) is 22.3 Å². The Labute approximate surface area is 147 Å². The van der Waals surface area contributed by atoms with E-state index in [2.05, 4.69) is 5.16 Å². The minimum Gasteiger partial charge on any atom is -0.486 e. The van der Waals surface area contributed by atoms with Crippen molar-refractivity contribution in [3.8, 4) is 5.75 Å². The van der Waals surface area contributed by atoms with E-state index in [1.165, 1.54) is 0 Å². The molecule has 2 aromatic rings. The van der Waals surface area contributed by atoms with Crippen LogP contribution < -0.4 is 10.5 Å². The molecule has 0 fully saturated rings. The number of halogens is 3. The second-order valence-corrected chi connectivity index (χ2v) is 5.77. The van der Waals surface area contributed by atoms with Gasteiger partial charge in [0.15, 0.2) is 17.7 Å². The topological polar surface area (TPSA) is 73.9 Å². The molecule has 0 aromatic heterocycles. The molecule has 5 nitrogen and oxygen atoms in total. The molecule has 1 aliphatic rings. The molecule has 130 valence electrons. The van der Waals surface area contributed by atoms with Crippen molar-refractivity contribution in [3.05, 3.63) is 64.2 Å². The van der Waals surface area contributed by atoms with E-state index in [9.17, 15) is 13.6 Å². The molecule has 0 spiro atoms. The first-order chi connectivity index (χ1) is 12.0. The Morgan fingerprint density at radius 2 is 2.08 bits per heavy atom. The average Bonchev–Trinajstić information content (AvgIpc) is 3.03. The van der Waals surface area contributed by atoms with Crippen molar-refractivity contribution in [1.29, 1.82) is 0 Å². The zero-order valence-electron chi connectivity index (χ0n) is 12.8. The Bertz CT molecular complexity index is 858. The number of ether oxygens (including phenoxy) is 1. The fraction of sp³-hybridized carbons (Fsp3) is 0.176. The highest BCUT2D eigenvalue weighted by atomic mass is 35.5. The monoisotopic (exact) mass is 366 g/mol. The molecular weight excluding hydrogens is 354 g/mol. The fourth-order valence-corrected chi connectivity index (χ4v) is 2.67. The van der Waals surface area contributed by atoms with Crippen molar-refractivity contribution >= 4 is 23.2 Å². The first kappa shape index (κ1) is 17.2. The van der Waals surface area contributed by atoms with Gasteiger partial charge in [-0.1, -0.05) is 35.0 Å². The van der Waals surface area contributed by atoms with Gasteiger partial charge in [0, 0.05) is 17.0 Å². The van der Waals surface area contributed by atoms with Crippen LogP contribution in [0.4, 0.5) is 8.78 Å². The van der Waals surface area contributed by atoms with Crippen LogP contribution in [0.25, 0.3) is 0 Å². The molecule has 0 bridgehead atoms. The van der Waals surface area contributed by atoms with Crippen LogP contribution in [-0.4, -0.2) is 24.3 Å². The minimum absolute atomic E-state index is 0.0434. The number of carbonyl (C=O) groups is 1. The van der Waals surface area contributed by atoms with Gasteiger partial charge < -0.3 is 15.3 Å². The van der Waals surface area contributed by atoms with E-state index < -0.39 is 29.2 Å². The first-order valence-corrected chi connectivity index (χ1v) is 7.73. The number of nitrogens with two attached hydrogens (primary N) is 1. The highest BCUT2D eigenvalue weighted by Crippen LogP contribution is 2.26. The summed E-state index contributed by atoms with van der Waals surface area (Å²) in [6.45, 7) is -0.0434. The van der Waals surface area contributed by atoms with Gasteiger partial charge in [-0.15, -0.1) is 0 Å². The maximum Gasteiger partial charge on any atom is 0.254 e. The third kappa shape index (κ3) is 3.56. The quantitative estimate of drug-likeness (QED) is 0.882. The number of carbonyl (C=O) groups excluding carboxylic acids is 1. The van der Waals surface area contributed by atoms with Crippen molar-refractivity contribution in [2.24, 2.45) is 10.9 Å². The number of amides is 1. The average molecular weight is 367 g/mol. The van der Waals surface area contributed by atoms with Gasteiger partial charge in [-0.05, 0) is 18.2 Å². The lowest BCUT2D eigenvalue weighted by Crippen LogP contribution is -2.20. The predicted molar refractivity (Wildman–Crippen MR) is 87.8 cm³/mol. The summed E-state index contributed by atoms with van der Waals surface area (Å²) >= 11 is 6.11. The standard InChI is InChI=1S/C17H13ClF2N2O3/c18-11-4-2-1-3-10(11)13-7-9(25-22-13)8-24-14-6-5-12(19)15(16(14)20)17(21)23/h1-6,9H,7-8H2,(H2,21,23). The highest BCUT2D eigenvalue weighted by Gasteiger charge is 2.25. The lowest BCUT2D eigenvalue weighted by Gasteiger charge is -2.12. The molecular formula is C17H13ClF2N2O3. The van der Waals surface area contributed by atoms with Crippen LogP contribution in [0.3, 0.4) is 0 Å². The molecule has 1 aliphatic heterocycles. The van der Waals surface area contributed by atoms with Crippen molar-refractivity contribution in [2.45, 2.75) is 12.5 Å². The van der Waals surface area contributed by atoms with Crippen LogP contribution in [0.15, 0.2) is 41.6 Å². The van der Waals surface area contributed by atoms with E-state index in [0.717, 1.165) is 17.7 Å².